The lowest BCUT2D eigenvalue weighted by Crippen LogP contribution is -1.62. The van der Waals surface area contributed by atoms with Crippen LogP contribution in [-0.4, -0.2) is 5.16 Å². The maximum absolute atomic E-state index is 5.03. The molecule has 62 valence electrons. The van der Waals surface area contributed by atoms with Crippen molar-refractivity contribution >= 4 is 27.3 Å². The quantitative estimate of drug-likeness (QED) is 0.767. The lowest BCUT2D eigenvalue weighted by molar-refractivity contribution is 0.433. The summed E-state index contributed by atoms with van der Waals surface area (Å²) >= 11 is 5.11. The summed E-state index contributed by atoms with van der Waals surface area (Å²) in [5.74, 6) is 0.828. The van der Waals surface area contributed by atoms with E-state index in [0.29, 0.717) is 0 Å². The lowest BCUT2D eigenvalue weighted by Gasteiger charge is -1.83. The van der Waals surface area contributed by atoms with Gasteiger partial charge in [0.15, 0.2) is 5.76 Å². The molecule has 2 nitrogen and oxygen atoms in total. The van der Waals surface area contributed by atoms with Crippen LogP contribution in [0.15, 0.2) is 26.6 Å². The zero-order chi connectivity index (χ0) is 8.55. The van der Waals surface area contributed by atoms with Gasteiger partial charge in [-0.1, -0.05) is 5.16 Å². The van der Waals surface area contributed by atoms with Crippen molar-refractivity contribution in [2.45, 2.75) is 6.92 Å². The summed E-state index contributed by atoms with van der Waals surface area (Å²) < 4.78 is 6.17. The van der Waals surface area contributed by atoms with Crippen LogP contribution in [0.5, 0.6) is 0 Å². The third kappa shape index (κ3) is 1.32. The van der Waals surface area contributed by atoms with E-state index in [1.54, 1.807) is 17.5 Å². The minimum absolute atomic E-state index is 0.828. The Morgan fingerprint density at radius 2 is 2.42 bits per heavy atom. The van der Waals surface area contributed by atoms with E-state index in [9.17, 15) is 0 Å². The third-order valence-electron chi connectivity index (χ3n) is 1.54. The Bertz CT molecular complexity index is 360. The van der Waals surface area contributed by atoms with Gasteiger partial charge in [0.1, 0.15) is 0 Å². The molecular formula is C8H6BrNOS. The van der Waals surface area contributed by atoms with Gasteiger partial charge in [-0.25, -0.2) is 0 Å². The van der Waals surface area contributed by atoms with Crippen molar-refractivity contribution in [3.8, 4) is 10.6 Å². The van der Waals surface area contributed by atoms with Crippen LogP contribution in [0.25, 0.3) is 10.6 Å². The van der Waals surface area contributed by atoms with Crippen LogP contribution >= 0.6 is 27.3 Å². The monoisotopic (exact) mass is 243 g/mol. The van der Waals surface area contributed by atoms with Crippen LogP contribution < -0.4 is 0 Å². The fourth-order valence-corrected chi connectivity index (χ4v) is 2.42. The van der Waals surface area contributed by atoms with E-state index < -0.39 is 0 Å². The largest absolute Gasteiger partial charge is 0.355 e. The summed E-state index contributed by atoms with van der Waals surface area (Å²) in [5.41, 5.74) is 1.23. The molecule has 0 aliphatic heterocycles. The predicted molar refractivity (Wildman–Crippen MR) is 52.3 cm³/mol. The topological polar surface area (TPSA) is 26.0 Å². The number of aryl methyl sites for hydroxylation is 1. The average molecular weight is 244 g/mol. The van der Waals surface area contributed by atoms with Crippen LogP contribution in [-0.2, 0) is 0 Å². The Labute approximate surface area is 82.3 Å². The summed E-state index contributed by atoms with van der Waals surface area (Å²) in [6, 6.07) is 3.94. The van der Waals surface area contributed by atoms with Crippen LogP contribution in [0, 0.1) is 6.92 Å². The Hall–Kier alpha value is -0.610. The Morgan fingerprint density at radius 1 is 1.58 bits per heavy atom. The molecule has 0 radical (unpaired) electrons. The second-order valence-electron chi connectivity index (χ2n) is 2.44. The number of rotatable bonds is 1. The van der Waals surface area contributed by atoms with Gasteiger partial charge in [-0.05, 0) is 34.5 Å². The molecule has 0 spiro atoms. The molecule has 0 atom stereocenters. The van der Waals surface area contributed by atoms with E-state index in [-0.39, 0.29) is 0 Å². The van der Waals surface area contributed by atoms with Gasteiger partial charge in [-0.3, -0.25) is 0 Å². The first-order chi connectivity index (χ1) is 5.77. The van der Waals surface area contributed by atoms with Crippen molar-refractivity contribution in [3.63, 3.8) is 0 Å². The minimum Gasteiger partial charge on any atom is -0.355 e. The molecule has 0 aliphatic carbocycles. The van der Waals surface area contributed by atoms with Crippen molar-refractivity contribution in [2.24, 2.45) is 0 Å². The van der Waals surface area contributed by atoms with E-state index in [1.807, 2.05) is 6.07 Å². The summed E-state index contributed by atoms with van der Waals surface area (Å²) in [7, 11) is 0. The van der Waals surface area contributed by atoms with Gasteiger partial charge < -0.3 is 4.52 Å². The first-order valence-corrected chi connectivity index (χ1v) is 5.05. The molecule has 0 saturated heterocycles. The molecule has 0 saturated carbocycles. The number of hydrogen-bond acceptors (Lipinski definition) is 3. The number of thiophene rings is 1. The fraction of sp³-hybridized carbons (Fsp3) is 0.125. The molecule has 0 amide bonds. The van der Waals surface area contributed by atoms with Crippen LogP contribution in [0.3, 0.4) is 0 Å². The Kier molecular flexibility index (Phi) is 2.02. The highest BCUT2D eigenvalue weighted by Crippen LogP contribution is 2.34. The third-order valence-corrected chi connectivity index (χ3v) is 3.69. The van der Waals surface area contributed by atoms with Crippen molar-refractivity contribution in [3.05, 3.63) is 27.7 Å². The van der Waals surface area contributed by atoms with Gasteiger partial charge in [0.25, 0.3) is 0 Å². The van der Waals surface area contributed by atoms with Crippen LogP contribution in [0.4, 0.5) is 0 Å². The van der Waals surface area contributed by atoms with E-state index >= 15 is 0 Å². The van der Waals surface area contributed by atoms with Gasteiger partial charge in [0.2, 0.25) is 0 Å². The highest BCUT2D eigenvalue weighted by Gasteiger charge is 2.07. The van der Waals surface area contributed by atoms with Crippen molar-refractivity contribution in [2.75, 3.05) is 0 Å². The molecule has 0 N–H and O–H groups in total. The number of nitrogens with zero attached hydrogens (tertiary/aromatic N) is 1. The van der Waals surface area contributed by atoms with E-state index in [0.717, 1.165) is 14.4 Å². The molecule has 4 heteroatoms. The lowest BCUT2D eigenvalue weighted by atomic mass is 10.3. The number of hydrogen-bond donors (Lipinski definition) is 0. The first-order valence-electron chi connectivity index (χ1n) is 3.44. The average Bonchev–Trinajstić information content (AvgIpc) is 2.61. The van der Waals surface area contributed by atoms with Gasteiger partial charge >= 0.3 is 0 Å². The summed E-state index contributed by atoms with van der Waals surface area (Å²) in [5, 5.41) is 3.65. The van der Waals surface area contributed by atoms with E-state index in [4.69, 9.17) is 4.52 Å². The zero-order valence-electron chi connectivity index (χ0n) is 6.37. The molecule has 0 aliphatic rings. The van der Waals surface area contributed by atoms with Crippen molar-refractivity contribution in [1.82, 2.24) is 5.16 Å². The number of halogens is 1. The molecule has 0 unspecified atom stereocenters. The normalized spacial score (nSPS) is 10.5. The summed E-state index contributed by atoms with van der Waals surface area (Å²) in [6.45, 7) is 2.06. The van der Waals surface area contributed by atoms with Crippen LogP contribution in [0.2, 0.25) is 0 Å². The molecule has 0 aromatic carbocycles. The van der Waals surface area contributed by atoms with E-state index in [1.165, 1.54) is 5.56 Å². The molecule has 2 heterocycles. The maximum Gasteiger partial charge on any atom is 0.176 e. The van der Waals surface area contributed by atoms with E-state index in [2.05, 4.69) is 34.1 Å². The molecule has 2 rings (SSSR count). The SMILES string of the molecule is Cc1cc(-c2ccno2)sc1Br. The van der Waals surface area contributed by atoms with Gasteiger partial charge in [-0.2, -0.15) is 0 Å². The second kappa shape index (κ2) is 3.03. The highest BCUT2D eigenvalue weighted by atomic mass is 79.9. The van der Waals surface area contributed by atoms with Gasteiger partial charge in [0.05, 0.1) is 14.9 Å². The summed E-state index contributed by atoms with van der Waals surface area (Å²) in [4.78, 5) is 1.11. The maximum atomic E-state index is 5.03. The first kappa shape index (κ1) is 8.01. The molecule has 12 heavy (non-hydrogen) atoms. The standard InChI is InChI=1S/C8H6BrNOS/c1-5-4-7(12-8(5)9)6-2-3-10-11-6/h2-4H,1H3. The zero-order valence-corrected chi connectivity index (χ0v) is 8.78. The van der Waals surface area contributed by atoms with Crippen LogP contribution in [0.1, 0.15) is 5.56 Å². The minimum atomic E-state index is 0.828. The summed E-state index contributed by atoms with van der Waals surface area (Å²) in [6.07, 6.45) is 1.65. The smallest absolute Gasteiger partial charge is 0.176 e. The van der Waals surface area contributed by atoms with Crippen molar-refractivity contribution < 1.29 is 4.52 Å². The molecule has 0 bridgehead atoms. The number of aromatic nitrogens is 1. The molecular weight excluding hydrogens is 238 g/mol. The molecule has 0 fully saturated rings. The fourth-order valence-electron chi connectivity index (χ4n) is 0.924. The Morgan fingerprint density at radius 3 is 2.92 bits per heavy atom. The van der Waals surface area contributed by atoms with Crippen molar-refractivity contribution in [1.29, 1.82) is 0 Å². The van der Waals surface area contributed by atoms with Gasteiger partial charge in [-0.15, -0.1) is 11.3 Å². The Balaban J connectivity index is 2.48. The highest BCUT2D eigenvalue weighted by molar-refractivity contribution is 9.11. The molecule has 2 aromatic heterocycles. The van der Waals surface area contributed by atoms with Gasteiger partial charge in [0, 0.05) is 6.07 Å². The second-order valence-corrected chi connectivity index (χ2v) is 4.81. The predicted octanol–water partition coefficient (Wildman–Crippen LogP) is 3.47. The molecule has 2 aromatic rings.